The van der Waals surface area contributed by atoms with E-state index in [1.165, 1.54) is 11.0 Å². The predicted molar refractivity (Wildman–Crippen MR) is 131 cm³/mol. The number of ether oxygens (including phenoxy) is 1. The first-order valence-corrected chi connectivity index (χ1v) is 13.3. The van der Waals surface area contributed by atoms with Crippen LogP contribution < -0.4 is 10.2 Å². The van der Waals surface area contributed by atoms with E-state index in [4.69, 9.17) is 9.15 Å². The first kappa shape index (κ1) is 24.0. The van der Waals surface area contributed by atoms with Crippen LogP contribution >= 0.6 is 0 Å². The van der Waals surface area contributed by atoms with Crippen LogP contribution in [0.4, 0.5) is 0 Å². The predicted octanol–water partition coefficient (Wildman–Crippen LogP) is 4.03. The Morgan fingerprint density at radius 3 is 2.53 bits per heavy atom. The molecular weight excluding hydrogens is 454 g/mol. The fraction of sp³-hybridized carbons (Fsp3) is 0.385. The monoisotopic (exact) mass is 483 g/mol. The summed E-state index contributed by atoms with van der Waals surface area (Å²) in [6.45, 7) is 6.56. The van der Waals surface area contributed by atoms with Crippen LogP contribution in [0.5, 0.6) is 5.75 Å². The van der Waals surface area contributed by atoms with E-state index in [0.717, 1.165) is 28.9 Å². The molecule has 0 bridgehead atoms. The van der Waals surface area contributed by atoms with E-state index in [9.17, 15) is 18.0 Å². The minimum absolute atomic E-state index is 0.0330. The number of benzene rings is 2. The van der Waals surface area contributed by atoms with Gasteiger partial charge in [-0.05, 0) is 61.6 Å². The van der Waals surface area contributed by atoms with Crippen molar-refractivity contribution in [1.82, 2.24) is 4.90 Å². The van der Waals surface area contributed by atoms with Crippen LogP contribution in [0.3, 0.4) is 0 Å². The molecular formula is C26H29NO6S. The maximum atomic E-state index is 13.6. The van der Waals surface area contributed by atoms with Gasteiger partial charge in [-0.15, -0.1) is 0 Å². The molecule has 8 heteroatoms. The molecule has 0 unspecified atom stereocenters. The molecule has 2 aromatic carbocycles. The summed E-state index contributed by atoms with van der Waals surface area (Å²) < 4.78 is 35.9. The molecule has 0 N–H and O–H groups in total. The second kappa shape index (κ2) is 9.62. The second-order valence-electron chi connectivity index (χ2n) is 8.92. The molecule has 1 atom stereocenters. The Morgan fingerprint density at radius 2 is 1.88 bits per heavy atom. The standard InChI is InChI=1S/C26H29NO6S/c1-4-10-32-21-7-5-19(6-8-21)15-27(20-9-11-34(30,31)16-20)26(29)24-14-23(28)22-13-17(2)12-18(3)25(22)33-24/h5-8,12-14,20H,4,9-11,15-16H2,1-3H3/t20-/m1/s1. The molecule has 1 aromatic heterocycles. The van der Waals surface area contributed by atoms with Crippen LogP contribution in [0.15, 0.2) is 51.7 Å². The van der Waals surface area contributed by atoms with Crippen molar-refractivity contribution in [3.05, 3.63) is 75.1 Å². The molecule has 0 saturated carbocycles. The number of fused-ring (bicyclic) bond motifs is 1. The van der Waals surface area contributed by atoms with Gasteiger partial charge in [0.05, 0.1) is 23.5 Å². The second-order valence-corrected chi connectivity index (χ2v) is 11.1. The Labute approximate surface area is 199 Å². The Bertz CT molecular complexity index is 1370. The van der Waals surface area contributed by atoms with Gasteiger partial charge in [-0.25, -0.2) is 8.42 Å². The summed E-state index contributed by atoms with van der Waals surface area (Å²) in [5.41, 5.74) is 2.60. The molecule has 1 aliphatic rings. The molecule has 0 radical (unpaired) electrons. The topological polar surface area (TPSA) is 93.9 Å². The Hall–Kier alpha value is -3.13. The minimum atomic E-state index is -3.23. The smallest absolute Gasteiger partial charge is 0.290 e. The van der Waals surface area contributed by atoms with Crippen LogP contribution in [0, 0.1) is 13.8 Å². The SMILES string of the molecule is CCCOc1ccc(CN(C(=O)c2cc(=O)c3cc(C)cc(C)c3o2)[C@@H]2CCS(=O)(=O)C2)cc1. The average molecular weight is 484 g/mol. The van der Waals surface area contributed by atoms with Gasteiger partial charge in [-0.1, -0.05) is 25.1 Å². The summed E-state index contributed by atoms with van der Waals surface area (Å²) in [7, 11) is -3.23. The zero-order valence-corrected chi connectivity index (χ0v) is 20.5. The maximum absolute atomic E-state index is 13.6. The number of aryl methyl sites for hydroxylation is 2. The number of nitrogens with zero attached hydrogens (tertiary/aromatic N) is 1. The lowest BCUT2D eigenvalue weighted by atomic mass is 10.1. The number of amides is 1. The van der Waals surface area contributed by atoms with Gasteiger partial charge in [0.15, 0.2) is 21.0 Å². The quantitative estimate of drug-likeness (QED) is 0.504. The normalized spacial score (nSPS) is 17.1. The molecule has 7 nitrogen and oxygen atoms in total. The average Bonchev–Trinajstić information content (AvgIpc) is 3.16. The molecule has 0 spiro atoms. The van der Waals surface area contributed by atoms with Gasteiger partial charge in [-0.2, -0.15) is 0 Å². The zero-order valence-electron chi connectivity index (χ0n) is 19.7. The fourth-order valence-corrected chi connectivity index (χ4v) is 6.08. The van der Waals surface area contributed by atoms with E-state index in [1.54, 1.807) is 6.07 Å². The molecule has 2 heterocycles. The molecule has 1 saturated heterocycles. The van der Waals surface area contributed by atoms with Crippen molar-refractivity contribution in [1.29, 1.82) is 0 Å². The van der Waals surface area contributed by atoms with Gasteiger partial charge >= 0.3 is 0 Å². The van der Waals surface area contributed by atoms with E-state index in [2.05, 4.69) is 0 Å². The molecule has 180 valence electrons. The highest BCUT2D eigenvalue weighted by molar-refractivity contribution is 7.91. The minimum Gasteiger partial charge on any atom is -0.494 e. The summed E-state index contributed by atoms with van der Waals surface area (Å²) >= 11 is 0. The van der Waals surface area contributed by atoms with E-state index in [-0.39, 0.29) is 29.2 Å². The van der Waals surface area contributed by atoms with Gasteiger partial charge in [0, 0.05) is 18.7 Å². The summed E-state index contributed by atoms with van der Waals surface area (Å²) in [5.74, 6) is 0.0832. The van der Waals surface area contributed by atoms with Crippen molar-refractivity contribution in [2.45, 2.75) is 46.2 Å². The third kappa shape index (κ3) is 5.17. The summed E-state index contributed by atoms with van der Waals surface area (Å²) in [6.07, 6.45) is 1.25. The highest BCUT2D eigenvalue weighted by Gasteiger charge is 2.36. The van der Waals surface area contributed by atoms with Gasteiger partial charge < -0.3 is 14.1 Å². The molecule has 0 aliphatic carbocycles. The van der Waals surface area contributed by atoms with Crippen LogP contribution in [0.1, 0.15) is 47.0 Å². The van der Waals surface area contributed by atoms with E-state index in [0.29, 0.717) is 24.0 Å². The first-order valence-electron chi connectivity index (χ1n) is 11.4. The first-order chi connectivity index (χ1) is 16.2. The molecule has 4 rings (SSSR count). The number of hydrogen-bond donors (Lipinski definition) is 0. The summed E-state index contributed by atoms with van der Waals surface area (Å²) in [6, 6.07) is 11.7. The third-order valence-electron chi connectivity index (χ3n) is 6.03. The lowest BCUT2D eigenvalue weighted by Gasteiger charge is -2.28. The molecule has 34 heavy (non-hydrogen) atoms. The van der Waals surface area contributed by atoms with Gasteiger partial charge in [0.1, 0.15) is 11.3 Å². The summed E-state index contributed by atoms with van der Waals surface area (Å²) in [5, 5.41) is 0.423. The Kier molecular flexibility index (Phi) is 6.79. The zero-order chi connectivity index (χ0) is 24.5. The van der Waals surface area contributed by atoms with Crippen molar-refractivity contribution < 1.29 is 22.4 Å². The van der Waals surface area contributed by atoms with Crippen molar-refractivity contribution in [2.24, 2.45) is 0 Å². The van der Waals surface area contributed by atoms with E-state index in [1.807, 2.05) is 51.1 Å². The highest BCUT2D eigenvalue weighted by Crippen LogP contribution is 2.25. The van der Waals surface area contributed by atoms with Gasteiger partial charge in [0.2, 0.25) is 0 Å². The lowest BCUT2D eigenvalue weighted by molar-refractivity contribution is 0.0648. The molecule has 1 amide bonds. The number of sulfone groups is 1. The Balaban J connectivity index is 1.69. The molecule has 1 aliphatic heterocycles. The van der Waals surface area contributed by atoms with E-state index >= 15 is 0 Å². The van der Waals surface area contributed by atoms with Crippen LogP contribution in [0.25, 0.3) is 11.0 Å². The van der Waals surface area contributed by atoms with Crippen molar-refractivity contribution in [3.63, 3.8) is 0 Å². The van der Waals surface area contributed by atoms with Crippen molar-refractivity contribution in [2.75, 3.05) is 18.1 Å². The number of hydrogen-bond acceptors (Lipinski definition) is 6. The molecule has 1 fully saturated rings. The Morgan fingerprint density at radius 1 is 1.15 bits per heavy atom. The maximum Gasteiger partial charge on any atom is 0.290 e. The van der Waals surface area contributed by atoms with Crippen molar-refractivity contribution >= 4 is 26.7 Å². The third-order valence-corrected chi connectivity index (χ3v) is 7.78. The lowest BCUT2D eigenvalue weighted by Crippen LogP contribution is -2.40. The summed E-state index contributed by atoms with van der Waals surface area (Å²) in [4.78, 5) is 27.9. The number of carbonyl (C=O) groups is 1. The largest absolute Gasteiger partial charge is 0.494 e. The highest BCUT2D eigenvalue weighted by atomic mass is 32.2. The number of rotatable bonds is 7. The van der Waals surface area contributed by atoms with Gasteiger partial charge in [-0.3, -0.25) is 9.59 Å². The van der Waals surface area contributed by atoms with E-state index < -0.39 is 21.8 Å². The van der Waals surface area contributed by atoms with Crippen LogP contribution in [-0.4, -0.2) is 43.4 Å². The van der Waals surface area contributed by atoms with Crippen molar-refractivity contribution in [3.8, 4) is 5.75 Å². The van der Waals surface area contributed by atoms with Crippen LogP contribution in [-0.2, 0) is 16.4 Å². The van der Waals surface area contributed by atoms with Gasteiger partial charge in [0.25, 0.3) is 5.91 Å². The number of carbonyl (C=O) groups excluding carboxylic acids is 1. The van der Waals surface area contributed by atoms with Crippen LogP contribution in [0.2, 0.25) is 0 Å². The molecule has 3 aromatic rings. The fourth-order valence-electron chi connectivity index (χ4n) is 4.35.